The summed E-state index contributed by atoms with van der Waals surface area (Å²) in [6.45, 7) is 0.432. The molecule has 0 aromatic rings. The smallest absolute Gasteiger partial charge is 0.255 e. The van der Waals surface area contributed by atoms with E-state index in [1.807, 2.05) is 0 Å². The van der Waals surface area contributed by atoms with E-state index in [1.54, 1.807) is 12.2 Å². The van der Waals surface area contributed by atoms with Crippen LogP contribution in [0.15, 0.2) is 17.1 Å². The molecule has 0 spiro atoms. The van der Waals surface area contributed by atoms with Gasteiger partial charge in [0.1, 0.15) is 0 Å². The third kappa shape index (κ3) is 1.44. The van der Waals surface area contributed by atoms with Crippen LogP contribution < -0.4 is 0 Å². The largest absolute Gasteiger partial charge is 0.350 e. The standard InChI is InChI=1S/C5H7NO2/c7-5-6-3-1-2-4-8-5/h1-3,5,7H,4H2. The average molecular weight is 113 g/mol. The Balaban J connectivity index is 2.46. The highest BCUT2D eigenvalue weighted by Gasteiger charge is 1.96. The molecular weight excluding hydrogens is 106 g/mol. The van der Waals surface area contributed by atoms with E-state index >= 15 is 0 Å². The third-order valence-electron chi connectivity index (χ3n) is 0.777. The Bertz CT molecular complexity index is 120. The molecule has 3 nitrogen and oxygen atoms in total. The van der Waals surface area contributed by atoms with Gasteiger partial charge in [-0.2, -0.15) is 0 Å². The van der Waals surface area contributed by atoms with Gasteiger partial charge in [0.05, 0.1) is 6.61 Å². The number of nitrogens with zero attached hydrogens (tertiary/aromatic N) is 1. The Morgan fingerprint density at radius 3 is 3.50 bits per heavy atom. The summed E-state index contributed by atoms with van der Waals surface area (Å²) >= 11 is 0. The van der Waals surface area contributed by atoms with Gasteiger partial charge in [-0.15, -0.1) is 0 Å². The predicted octanol–water partition coefficient (Wildman–Crippen LogP) is -0.0805. The molecule has 0 saturated carbocycles. The van der Waals surface area contributed by atoms with Crippen molar-refractivity contribution in [1.29, 1.82) is 0 Å². The van der Waals surface area contributed by atoms with Gasteiger partial charge in [0.25, 0.3) is 6.41 Å². The maximum Gasteiger partial charge on any atom is 0.255 e. The highest BCUT2D eigenvalue weighted by atomic mass is 16.6. The Kier molecular flexibility index (Phi) is 1.77. The average Bonchev–Trinajstić information content (AvgIpc) is 1.94. The monoisotopic (exact) mass is 113 g/mol. The number of aliphatic hydroxyl groups excluding tert-OH is 1. The van der Waals surface area contributed by atoms with Crippen molar-refractivity contribution < 1.29 is 9.84 Å². The van der Waals surface area contributed by atoms with Crippen LogP contribution in [0.4, 0.5) is 0 Å². The summed E-state index contributed by atoms with van der Waals surface area (Å²) < 4.78 is 4.67. The molecule has 1 aliphatic heterocycles. The molecule has 1 heterocycles. The summed E-state index contributed by atoms with van der Waals surface area (Å²) in [7, 11) is 0. The Hall–Kier alpha value is -0.670. The molecule has 1 aliphatic rings. The highest BCUT2D eigenvalue weighted by molar-refractivity contribution is 5.71. The lowest BCUT2D eigenvalue weighted by atomic mass is 10.5. The van der Waals surface area contributed by atoms with Crippen LogP contribution in [0.3, 0.4) is 0 Å². The summed E-state index contributed by atoms with van der Waals surface area (Å²) in [5, 5.41) is 8.63. The van der Waals surface area contributed by atoms with Gasteiger partial charge in [0, 0.05) is 6.21 Å². The van der Waals surface area contributed by atoms with Crippen molar-refractivity contribution in [2.75, 3.05) is 6.61 Å². The zero-order chi connectivity index (χ0) is 5.82. The molecule has 3 heteroatoms. The van der Waals surface area contributed by atoms with Crippen molar-refractivity contribution in [1.82, 2.24) is 0 Å². The Morgan fingerprint density at radius 2 is 2.62 bits per heavy atom. The SMILES string of the molecule is OC1N=CC=CCO1. The van der Waals surface area contributed by atoms with Crippen LogP contribution in [-0.2, 0) is 4.74 Å². The topological polar surface area (TPSA) is 41.8 Å². The molecule has 1 unspecified atom stereocenters. The maximum atomic E-state index is 8.63. The normalized spacial score (nSPS) is 27.9. The van der Waals surface area contributed by atoms with E-state index < -0.39 is 6.41 Å². The number of hydrogen-bond donors (Lipinski definition) is 1. The van der Waals surface area contributed by atoms with E-state index in [0.29, 0.717) is 6.61 Å². The molecule has 1 atom stereocenters. The van der Waals surface area contributed by atoms with Gasteiger partial charge in [0.2, 0.25) is 0 Å². The molecule has 0 amide bonds. The molecule has 0 saturated heterocycles. The van der Waals surface area contributed by atoms with Crippen LogP contribution in [0.1, 0.15) is 0 Å². The van der Waals surface area contributed by atoms with Crippen molar-refractivity contribution in [3.05, 3.63) is 12.2 Å². The first kappa shape index (κ1) is 5.47. The first-order valence-electron chi connectivity index (χ1n) is 2.37. The van der Waals surface area contributed by atoms with Crippen LogP contribution in [-0.4, -0.2) is 24.3 Å². The minimum Gasteiger partial charge on any atom is -0.350 e. The molecule has 1 N–H and O–H groups in total. The van der Waals surface area contributed by atoms with Crippen molar-refractivity contribution in [3.8, 4) is 0 Å². The fourth-order valence-electron chi connectivity index (χ4n) is 0.424. The van der Waals surface area contributed by atoms with Gasteiger partial charge in [-0.25, -0.2) is 4.99 Å². The number of aliphatic hydroxyl groups is 1. The Labute approximate surface area is 47.3 Å². The number of ether oxygens (including phenoxy) is 1. The summed E-state index contributed by atoms with van der Waals surface area (Å²) in [5.41, 5.74) is 0. The van der Waals surface area contributed by atoms with Gasteiger partial charge in [-0.1, -0.05) is 6.08 Å². The van der Waals surface area contributed by atoms with E-state index in [2.05, 4.69) is 9.73 Å². The highest BCUT2D eigenvalue weighted by Crippen LogP contribution is 1.91. The van der Waals surface area contributed by atoms with Crippen molar-refractivity contribution >= 4 is 6.21 Å². The van der Waals surface area contributed by atoms with E-state index in [-0.39, 0.29) is 0 Å². The zero-order valence-electron chi connectivity index (χ0n) is 4.32. The van der Waals surface area contributed by atoms with Gasteiger partial charge in [-0.3, -0.25) is 0 Å². The molecule has 0 aliphatic carbocycles. The van der Waals surface area contributed by atoms with Crippen molar-refractivity contribution in [2.24, 2.45) is 4.99 Å². The van der Waals surface area contributed by atoms with Crippen molar-refractivity contribution in [2.45, 2.75) is 6.41 Å². The van der Waals surface area contributed by atoms with E-state index in [1.165, 1.54) is 6.21 Å². The lowest BCUT2D eigenvalue weighted by Crippen LogP contribution is -2.06. The van der Waals surface area contributed by atoms with E-state index in [4.69, 9.17) is 5.11 Å². The lowest BCUT2D eigenvalue weighted by Gasteiger charge is -1.99. The lowest BCUT2D eigenvalue weighted by molar-refractivity contribution is -0.0798. The number of aliphatic imine (C=N–C) groups is 1. The fourth-order valence-corrected chi connectivity index (χ4v) is 0.424. The first-order valence-corrected chi connectivity index (χ1v) is 2.37. The predicted molar refractivity (Wildman–Crippen MR) is 29.6 cm³/mol. The molecule has 44 valence electrons. The van der Waals surface area contributed by atoms with Gasteiger partial charge >= 0.3 is 0 Å². The minimum atomic E-state index is -0.968. The fraction of sp³-hybridized carbons (Fsp3) is 0.400. The van der Waals surface area contributed by atoms with E-state index in [0.717, 1.165) is 0 Å². The van der Waals surface area contributed by atoms with Crippen LogP contribution in [0.25, 0.3) is 0 Å². The summed E-state index contributed by atoms with van der Waals surface area (Å²) in [5.74, 6) is 0. The number of rotatable bonds is 0. The molecule has 8 heavy (non-hydrogen) atoms. The van der Waals surface area contributed by atoms with Gasteiger partial charge in [0.15, 0.2) is 0 Å². The summed E-state index contributed by atoms with van der Waals surface area (Å²) in [6, 6.07) is 0. The van der Waals surface area contributed by atoms with Crippen LogP contribution in [0.5, 0.6) is 0 Å². The van der Waals surface area contributed by atoms with E-state index in [9.17, 15) is 0 Å². The first-order chi connectivity index (χ1) is 3.89. The van der Waals surface area contributed by atoms with Crippen LogP contribution >= 0.6 is 0 Å². The zero-order valence-corrected chi connectivity index (χ0v) is 4.32. The third-order valence-corrected chi connectivity index (χ3v) is 0.777. The molecule has 1 rings (SSSR count). The molecule has 0 bridgehead atoms. The second-order valence-corrected chi connectivity index (χ2v) is 1.39. The maximum absolute atomic E-state index is 8.63. The van der Waals surface area contributed by atoms with Gasteiger partial charge < -0.3 is 9.84 Å². The molecule has 0 aromatic carbocycles. The Morgan fingerprint density at radius 1 is 1.75 bits per heavy atom. The summed E-state index contributed by atoms with van der Waals surface area (Å²) in [6.07, 6.45) is 4.05. The number of allylic oxidation sites excluding steroid dienone is 1. The minimum absolute atomic E-state index is 0.432. The van der Waals surface area contributed by atoms with Gasteiger partial charge in [-0.05, 0) is 6.08 Å². The molecule has 0 radical (unpaired) electrons. The molecule has 0 aromatic heterocycles. The molecular formula is C5H7NO2. The van der Waals surface area contributed by atoms with Crippen LogP contribution in [0, 0.1) is 0 Å². The van der Waals surface area contributed by atoms with Crippen LogP contribution in [0.2, 0.25) is 0 Å². The number of hydrogen-bond acceptors (Lipinski definition) is 3. The molecule has 0 fully saturated rings. The second-order valence-electron chi connectivity index (χ2n) is 1.39. The summed E-state index contributed by atoms with van der Waals surface area (Å²) in [4.78, 5) is 3.55. The van der Waals surface area contributed by atoms with Crippen molar-refractivity contribution in [3.63, 3.8) is 0 Å². The second kappa shape index (κ2) is 2.59. The quantitative estimate of drug-likeness (QED) is 0.477.